The SMILES string of the molecule is CCNC(=NCC(C)(O)c1ccccc1)NCC(c1ccc(C)o1)N1CCCC1. The standard InChI is InChI=1S/C23H34N4O2/c1-4-24-22(26-17-23(3,28)19-10-6-5-7-11-19)25-16-20(27-14-8-9-15-27)21-13-12-18(2)29-21/h5-7,10-13,20,28H,4,8-9,14-17H2,1-3H3,(H2,24,25,26). The second kappa shape index (κ2) is 9.94. The van der Waals surface area contributed by atoms with Crippen molar-refractivity contribution in [1.29, 1.82) is 0 Å². The molecule has 2 atom stereocenters. The second-order valence-corrected chi connectivity index (χ2v) is 7.92. The predicted octanol–water partition coefficient (Wildman–Crippen LogP) is 3.19. The summed E-state index contributed by atoms with van der Waals surface area (Å²) in [5.41, 5.74) is -0.156. The predicted molar refractivity (Wildman–Crippen MR) is 117 cm³/mol. The number of aryl methyl sites for hydroxylation is 1. The van der Waals surface area contributed by atoms with E-state index in [2.05, 4.69) is 26.6 Å². The van der Waals surface area contributed by atoms with Crippen LogP contribution in [0.25, 0.3) is 0 Å². The van der Waals surface area contributed by atoms with Crippen LogP contribution in [0.15, 0.2) is 51.9 Å². The average Bonchev–Trinajstić information content (AvgIpc) is 3.39. The highest BCUT2D eigenvalue weighted by Crippen LogP contribution is 2.26. The van der Waals surface area contributed by atoms with E-state index < -0.39 is 5.60 Å². The minimum atomic E-state index is -1.02. The molecule has 3 N–H and O–H groups in total. The number of rotatable bonds is 8. The Morgan fingerprint density at radius 1 is 1.17 bits per heavy atom. The first-order chi connectivity index (χ1) is 14.0. The van der Waals surface area contributed by atoms with Crippen molar-refractivity contribution in [1.82, 2.24) is 15.5 Å². The number of hydrogen-bond donors (Lipinski definition) is 3. The Balaban J connectivity index is 1.68. The van der Waals surface area contributed by atoms with Crippen molar-refractivity contribution in [2.75, 3.05) is 32.7 Å². The number of furan rings is 1. The number of guanidine groups is 1. The Morgan fingerprint density at radius 2 is 1.90 bits per heavy atom. The van der Waals surface area contributed by atoms with Gasteiger partial charge in [0.15, 0.2) is 5.96 Å². The van der Waals surface area contributed by atoms with Crippen LogP contribution in [-0.4, -0.2) is 48.7 Å². The molecule has 0 bridgehead atoms. The van der Waals surface area contributed by atoms with Gasteiger partial charge in [0, 0.05) is 13.1 Å². The third-order valence-electron chi connectivity index (χ3n) is 5.42. The molecule has 1 aliphatic heterocycles. The molecule has 2 aromatic rings. The fourth-order valence-electron chi connectivity index (χ4n) is 3.75. The van der Waals surface area contributed by atoms with E-state index >= 15 is 0 Å². The van der Waals surface area contributed by atoms with E-state index in [9.17, 15) is 5.11 Å². The Labute approximate surface area is 174 Å². The highest BCUT2D eigenvalue weighted by Gasteiger charge is 2.26. The minimum Gasteiger partial charge on any atom is -0.465 e. The van der Waals surface area contributed by atoms with Gasteiger partial charge in [-0.25, -0.2) is 4.99 Å². The summed E-state index contributed by atoms with van der Waals surface area (Å²) in [6, 6.07) is 13.9. The summed E-state index contributed by atoms with van der Waals surface area (Å²) in [6.45, 7) is 9.73. The summed E-state index contributed by atoms with van der Waals surface area (Å²) in [5, 5.41) is 17.6. The molecule has 0 spiro atoms. The van der Waals surface area contributed by atoms with E-state index in [1.165, 1.54) is 12.8 Å². The maximum Gasteiger partial charge on any atom is 0.191 e. The topological polar surface area (TPSA) is 73.0 Å². The monoisotopic (exact) mass is 398 g/mol. The maximum atomic E-state index is 10.8. The number of likely N-dealkylation sites (tertiary alicyclic amines) is 1. The van der Waals surface area contributed by atoms with Gasteiger partial charge in [-0.15, -0.1) is 0 Å². The molecule has 0 amide bonds. The van der Waals surface area contributed by atoms with Gasteiger partial charge in [0.1, 0.15) is 17.1 Å². The summed E-state index contributed by atoms with van der Waals surface area (Å²) in [6.07, 6.45) is 2.45. The highest BCUT2D eigenvalue weighted by atomic mass is 16.3. The second-order valence-electron chi connectivity index (χ2n) is 7.92. The van der Waals surface area contributed by atoms with Crippen LogP contribution in [0.2, 0.25) is 0 Å². The molecule has 1 aromatic heterocycles. The van der Waals surface area contributed by atoms with Crippen molar-refractivity contribution in [3.05, 3.63) is 59.5 Å². The quantitative estimate of drug-likeness (QED) is 0.470. The lowest BCUT2D eigenvalue weighted by Gasteiger charge is -2.27. The van der Waals surface area contributed by atoms with Crippen LogP contribution in [0.1, 0.15) is 49.8 Å². The fourth-order valence-corrected chi connectivity index (χ4v) is 3.75. The summed E-state index contributed by atoms with van der Waals surface area (Å²) in [5.74, 6) is 2.63. The molecule has 0 aliphatic carbocycles. The van der Waals surface area contributed by atoms with Crippen LogP contribution in [0.5, 0.6) is 0 Å². The van der Waals surface area contributed by atoms with Gasteiger partial charge in [-0.1, -0.05) is 30.3 Å². The van der Waals surface area contributed by atoms with Crippen molar-refractivity contribution in [3.8, 4) is 0 Å². The Kier molecular flexibility index (Phi) is 7.34. The summed E-state index contributed by atoms with van der Waals surface area (Å²) in [4.78, 5) is 7.12. The summed E-state index contributed by atoms with van der Waals surface area (Å²) in [7, 11) is 0. The molecule has 6 heteroatoms. The summed E-state index contributed by atoms with van der Waals surface area (Å²) < 4.78 is 5.94. The van der Waals surface area contributed by atoms with Gasteiger partial charge in [-0.3, -0.25) is 4.90 Å². The Morgan fingerprint density at radius 3 is 2.52 bits per heavy atom. The number of nitrogens with zero attached hydrogens (tertiary/aromatic N) is 2. The molecule has 2 heterocycles. The first-order valence-electron chi connectivity index (χ1n) is 10.6. The Bertz CT molecular complexity index is 779. The average molecular weight is 399 g/mol. The van der Waals surface area contributed by atoms with Crippen molar-refractivity contribution in [3.63, 3.8) is 0 Å². The number of aliphatic hydroxyl groups is 1. The Hall–Kier alpha value is -2.31. The third-order valence-corrected chi connectivity index (χ3v) is 5.42. The first-order valence-corrected chi connectivity index (χ1v) is 10.6. The van der Waals surface area contributed by atoms with Crippen molar-refractivity contribution < 1.29 is 9.52 Å². The van der Waals surface area contributed by atoms with Crippen LogP contribution in [0.4, 0.5) is 0 Å². The van der Waals surface area contributed by atoms with E-state index in [-0.39, 0.29) is 12.6 Å². The maximum absolute atomic E-state index is 10.8. The van der Waals surface area contributed by atoms with E-state index in [1.54, 1.807) is 6.92 Å². The molecule has 2 unspecified atom stereocenters. The lowest BCUT2D eigenvalue weighted by Crippen LogP contribution is -2.43. The number of aliphatic imine (C=N–C) groups is 1. The first kappa shape index (κ1) is 21.4. The van der Waals surface area contributed by atoms with E-state index in [0.717, 1.165) is 36.7 Å². The van der Waals surface area contributed by atoms with Crippen LogP contribution < -0.4 is 10.6 Å². The zero-order chi connectivity index (χ0) is 20.7. The number of nitrogens with one attached hydrogen (secondary N) is 2. The minimum absolute atomic E-state index is 0.171. The third kappa shape index (κ3) is 5.84. The lowest BCUT2D eigenvalue weighted by molar-refractivity contribution is 0.0672. The molecule has 0 radical (unpaired) electrons. The molecule has 3 rings (SSSR count). The highest BCUT2D eigenvalue weighted by molar-refractivity contribution is 5.79. The van der Waals surface area contributed by atoms with Gasteiger partial charge in [-0.2, -0.15) is 0 Å². The molecule has 29 heavy (non-hydrogen) atoms. The zero-order valence-electron chi connectivity index (χ0n) is 17.8. The largest absolute Gasteiger partial charge is 0.465 e. The molecular weight excluding hydrogens is 364 g/mol. The van der Waals surface area contributed by atoms with Gasteiger partial charge in [-0.05, 0) is 64.4 Å². The molecule has 1 fully saturated rings. The van der Waals surface area contributed by atoms with Gasteiger partial charge < -0.3 is 20.2 Å². The van der Waals surface area contributed by atoms with Crippen molar-refractivity contribution in [2.24, 2.45) is 4.99 Å². The van der Waals surface area contributed by atoms with Crippen LogP contribution >= 0.6 is 0 Å². The van der Waals surface area contributed by atoms with Crippen molar-refractivity contribution in [2.45, 2.75) is 45.3 Å². The van der Waals surface area contributed by atoms with Crippen molar-refractivity contribution >= 4 is 5.96 Å². The molecule has 1 aromatic carbocycles. The zero-order valence-corrected chi connectivity index (χ0v) is 17.8. The molecule has 158 valence electrons. The van der Waals surface area contributed by atoms with Gasteiger partial charge in [0.05, 0.1) is 12.6 Å². The fraction of sp³-hybridized carbons (Fsp3) is 0.522. The number of hydrogen-bond acceptors (Lipinski definition) is 4. The van der Waals surface area contributed by atoms with E-state index in [4.69, 9.17) is 4.42 Å². The normalized spacial score (nSPS) is 18.4. The molecule has 1 aliphatic rings. The molecule has 0 saturated carbocycles. The lowest BCUT2D eigenvalue weighted by atomic mass is 9.96. The molecule has 1 saturated heterocycles. The summed E-state index contributed by atoms with van der Waals surface area (Å²) >= 11 is 0. The smallest absolute Gasteiger partial charge is 0.191 e. The van der Waals surface area contributed by atoms with Gasteiger partial charge in [0.2, 0.25) is 0 Å². The van der Waals surface area contributed by atoms with Crippen LogP contribution in [-0.2, 0) is 5.60 Å². The number of benzene rings is 1. The molecular formula is C23H34N4O2. The molecule has 6 nitrogen and oxygen atoms in total. The van der Waals surface area contributed by atoms with Gasteiger partial charge >= 0.3 is 0 Å². The van der Waals surface area contributed by atoms with E-state index in [1.807, 2.05) is 50.2 Å². The van der Waals surface area contributed by atoms with Crippen LogP contribution in [0, 0.1) is 6.92 Å². The van der Waals surface area contributed by atoms with Gasteiger partial charge in [0.25, 0.3) is 0 Å². The van der Waals surface area contributed by atoms with E-state index in [0.29, 0.717) is 12.5 Å². The van der Waals surface area contributed by atoms with Crippen LogP contribution in [0.3, 0.4) is 0 Å².